The molecule has 0 amide bonds. The highest BCUT2D eigenvalue weighted by Crippen LogP contribution is 2.22. The zero-order chi connectivity index (χ0) is 17.8. The van der Waals surface area contributed by atoms with Crippen LogP contribution in [0.3, 0.4) is 0 Å². The first-order chi connectivity index (χ1) is 12.8. The number of benzene rings is 2. The molecule has 3 aromatic rings. The quantitative estimate of drug-likeness (QED) is 0.599. The highest BCUT2D eigenvalue weighted by Gasteiger charge is 2.12. The van der Waals surface area contributed by atoms with E-state index in [0.717, 1.165) is 44.6 Å². The van der Waals surface area contributed by atoms with Crippen molar-refractivity contribution in [3.63, 3.8) is 0 Å². The molecule has 0 saturated heterocycles. The first-order valence-corrected chi connectivity index (χ1v) is 9.37. The van der Waals surface area contributed by atoms with Crippen LogP contribution in [0.1, 0.15) is 24.8 Å². The van der Waals surface area contributed by atoms with Gasteiger partial charge < -0.3 is 0 Å². The fourth-order valence-electron chi connectivity index (χ4n) is 3.64. The molecule has 0 spiro atoms. The maximum atomic E-state index is 13.0. The predicted molar refractivity (Wildman–Crippen MR) is 104 cm³/mol. The summed E-state index contributed by atoms with van der Waals surface area (Å²) in [4.78, 5) is 2.49. The number of hydrogen-bond acceptors (Lipinski definition) is 2. The Bertz CT molecular complexity index is 895. The molecule has 134 valence electrons. The van der Waals surface area contributed by atoms with E-state index in [4.69, 9.17) is 0 Å². The van der Waals surface area contributed by atoms with Crippen molar-refractivity contribution >= 4 is 16.5 Å². The van der Waals surface area contributed by atoms with Gasteiger partial charge in [0.05, 0.1) is 11.7 Å². The second kappa shape index (κ2) is 7.83. The highest BCUT2D eigenvalue weighted by atomic mass is 19.1. The van der Waals surface area contributed by atoms with Crippen molar-refractivity contribution in [2.24, 2.45) is 0 Å². The Hall–Kier alpha value is -2.46. The minimum atomic E-state index is -0.170. The summed E-state index contributed by atoms with van der Waals surface area (Å²) in [6.07, 6.45) is 7.58. The Morgan fingerprint density at radius 2 is 1.77 bits per heavy atom. The van der Waals surface area contributed by atoms with Crippen molar-refractivity contribution in [3.8, 4) is 0 Å². The molecule has 3 nitrogen and oxygen atoms in total. The van der Waals surface area contributed by atoms with Gasteiger partial charge in [0, 0.05) is 25.0 Å². The second-order valence-electron chi connectivity index (χ2n) is 6.92. The summed E-state index contributed by atoms with van der Waals surface area (Å²) in [6, 6.07) is 15.2. The smallest absolute Gasteiger partial charge is 0.123 e. The molecule has 2 aromatic carbocycles. The van der Waals surface area contributed by atoms with Gasteiger partial charge in [-0.05, 0) is 55.1 Å². The van der Waals surface area contributed by atoms with Gasteiger partial charge in [-0.2, -0.15) is 5.10 Å². The molecule has 0 radical (unpaired) electrons. The molecule has 0 atom stereocenters. The summed E-state index contributed by atoms with van der Waals surface area (Å²) in [7, 11) is 0. The topological polar surface area (TPSA) is 21.1 Å². The zero-order valence-electron chi connectivity index (χ0n) is 14.9. The number of para-hydroxylation sites is 1. The van der Waals surface area contributed by atoms with Gasteiger partial charge >= 0.3 is 0 Å². The second-order valence-corrected chi connectivity index (χ2v) is 6.92. The van der Waals surface area contributed by atoms with E-state index in [2.05, 4.69) is 45.0 Å². The fraction of sp³-hybridized carbons (Fsp3) is 0.318. The molecule has 0 aliphatic carbocycles. The molecule has 0 saturated carbocycles. The number of hydrogen-bond donors (Lipinski definition) is 0. The van der Waals surface area contributed by atoms with Crippen LogP contribution < -0.4 is 0 Å². The summed E-state index contributed by atoms with van der Waals surface area (Å²) < 4.78 is 15.2. The molecular weight excluding hydrogens is 325 g/mol. The minimum absolute atomic E-state index is 0.170. The number of aryl methyl sites for hydroxylation is 1. The van der Waals surface area contributed by atoms with Gasteiger partial charge in [-0.15, -0.1) is 0 Å². The van der Waals surface area contributed by atoms with Crippen LogP contribution in [0.2, 0.25) is 0 Å². The van der Waals surface area contributed by atoms with Crippen molar-refractivity contribution in [1.82, 2.24) is 14.7 Å². The summed E-state index contributed by atoms with van der Waals surface area (Å²) in [5, 5.41) is 5.71. The third-order valence-corrected chi connectivity index (χ3v) is 5.15. The zero-order valence-corrected chi connectivity index (χ0v) is 14.9. The van der Waals surface area contributed by atoms with E-state index in [1.807, 2.05) is 18.3 Å². The average Bonchev–Trinajstić information content (AvgIpc) is 3.10. The molecule has 0 N–H and O–H groups in total. The van der Waals surface area contributed by atoms with Crippen LogP contribution in [0.15, 0.2) is 60.8 Å². The van der Waals surface area contributed by atoms with Gasteiger partial charge in [-0.3, -0.25) is 9.58 Å². The molecule has 1 aliphatic rings. The summed E-state index contributed by atoms with van der Waals surface area (Å²) in [5.41, 5.74) is 3.71. The average molecular weight is 349 g/mol. The van der Waals surface area contributed by atoms with Crippen LogP contribution in [-0.4, -0.2) is 34.3 Å². The van der Waals surface area contributed by atoms with Crippen molar-refractivity contribution in [3.05, 3.63) is 72.2 Å². The van der Waals surface area contributed by atoms with E-state index in [-0.39, 0.29) is 5.82 Å². The van der Waals surface area contributed by atoms with Crippen molar-refractivity contribution < 1.29 is 4.39 Å². The number of aromatic nitrogens is 2. The number of nitrogens with zero attached hydrogens (tertiary/aromatic N) is 3. The van der Waals surface area contributed by atoms with Gasteiger partial charge in [0.1, 0.15) is 5.82 Å². The van der Waals surface area contributed by atoms with Gasteiger partial charge in [-0.25, -0.2) is 4.39 Å². The maximum Gasteiger partial charge on any atom is 0.123 e. The SMILES string of the molecule is Fc1ccc(C2=CCN(CCCCn3ncc4ccccc43)CC2)cc1. The van der Waals surface area contributed by atoms with Crippen molar-refractivity contribution in [1.29, 1.82) is 0 Å². The van der Waals surface area contributed by atoms with Crippen LogP contribution >= 0.6 is 0 Å². The lowest BCUT2D eigenvalue weighted by atomic mass is 9.99. The number of unbranched alkanes of at least 4 members (excludes halogenated alkanes) is 1. The standard InChI is InChI=1S/C22H24FN3/c23-21-9-7-18(8-10-21)19-11-15-25(16-12-19)13-3-4-14-26-22-6-2-1-5-20(22)17-24-26/h1-2,5-11,17H,3-4,12-16H2. The Labute approximate surface area is 153 Å². The minimum Gasteiger partial charge on any atom is -0.299 e. The van der Waals surface area contributed by atoms with Gasteiger partial charge in [0.25, 0.3) is 0 Å². The molecule has 1 aromatic heterocycles. The Morgan fingerprint density at radius 3 is 2.58 bits per heavy atom. The van der Waals surface area contributed by atoms with E-state index < -0.39 is 0 Å². The Kier molecular flexibility index (Phi) is 5.12. The molecule has 0 unspecified atom stereocenters. The van der Waals surface area contributed by atoms with E-state index in [1.165, 1.54) is 22.9 Å². The largest absolute Gasteiger partial charge is 0.299 e. The maximum absolute atomic E-state index is 13.0. The van der Waals surface area contributed by atoms with Crippen LogP contribution in [0.25, 0.3) is 16.5 Å². The molecule has 4 rings (SSSR count). The number of rotatable bonds is 6. The van der Waals surface area contributed by atoms with E-state index in [9.17, 15) is 4.39 Å². The number of halogens is 1. The van der Waals surface area contributed by atoms with Crippen LogP contribution in [0.5, 0.6) is 0 Å². The lowest BCUT2D eigenvalue weighted by Crippen LogP contribution is -2.29. The van der Waals surface area contributed by atoms with Crippen LogP contribution in [0.4, 0.5) is 4.39 Å². The third-order valence-electron chi connectivity index (χ3n) is 5.15. The van der Waals surface area contributed by atoms with Gasteiger partial charge in [-0.1, -0.05) is 36.4 Å². The predicted octanol–water partition coefficient (Wildman–Crippen LogP) is 4.74. The summed E-state index contributed by atoms with van der Waals surface area (Å²) in [5.74, 6) is -0.170. The molecule has 0 bridgehead atoms. The monoisotopic (exact) mass is 349 g/mol. The first-order valence-electron chi connectivity index (χ1n) is 9.37. The Balaban J connectivity index is 1.24. The molecule has 4 heteroatoms. The van der Waals surface area contributed by atoms with E-state index >= 15 is 0 Å². The lowest BCUT2D eigenvalue weighted by molar-refractivity contribution is 0.292. The molecule has 1 aliphatic heterocycles. The van der Waals surface area contributed by atoms with Crippen LogP contribution in [0, 0.1) is 5.82 Å². The fourth-order valence-corrected chi connectivity index (χ4v) is 3.64. The highest BCUT2D eigenvalue weighted by molar-refractivity contribution is 5.78. The van der Waals surface area contributed by atoms with Crippen molar-refractivity contribution in [2.45, 2.75) is 25.8 Å². The lowest BCUT2D eigenvalue weighted by Gasteiger charge is -2.26. The van der Waals surface area contributed by atoms with E-state index in [1.54, 1.807) is 12.1 Å². The Morgan fingerprint density at radius 1 is 0.962 bits per heavy atom. The van der Waals surface area contributed by atoms with Crippen LogP contribution in [-0.2, 0) is 6.54 Å². The molecule has 2 heterocycles. The summed E-state index contributed by atoms with van der Waals surface area (Å²) in [6.45, 7) is 4.15. The molecule has 26 heavy (non-hydrogen) atoms. The van der Waals surface area contributed by atoms with Gasteiger partial charge in [0.15, 0.2) is 0 Å². The number of fused-ring (bicyclic) bond motifs is 1. The van der Waals surface area contributed by atoms with Gasteiger partial charge in [0.2, 0.25) is 0 Å². The third kappa shape index (κ3) is 3.86. The first kappa shape index (κ1) is 17.0. The normalized spacial score (nSPS) is 15.3. The summed E-state index contributed by atoms with van der Waals surface area (Å²) >= 11 is 0. The molecular formula is C22H24FN3. The van der Waals surface area contributed by atoms with E-state index in [0.29, 0.717) is 0 Å². The molecule has 0 fully saturated rings. The van der Waals surface area contributed by atoms with Crippen molar-refractivity contribution in [2.75, 3.05) is 19.6 Å².